The Kier molecular flexibility index (Phi) is 5.04. The minimum atomic E-state index is -5.06. The summed E-state index contributed by atoms with van der Waals surface area (Å²) in [6, 6.07) is 0. The lowest BCUT2D eigenvalue weighted by atomic mass is 10.1. The number of carboxylic acids is 1. The molecule has 1 heterocycles. The molecule has 4 atom stereocenters. The molecule has 0 saturated carbocycles. The molecule has 10 nitrogen and oxygen atoms in total. The van der Waals surface area contributed by atoms with Gasteiger partial charge in [-0.3, -0.25) is 9.79 Å². The second-order valence-electron chi connectivity index (χ2n) is 3.60. The normalized spacial score (nSPS) is 32.4. The average Bonchev–Trinajstić information content (AvgIpc) is 2.51. The zero-order valence-corrected chi connectivity index (χ0v) is 10.5. The Bertz CT molecular complexity index is 414. The molecule has 11 heteroatoms. The monoisotopic (exact) mass is 300 g/mol. The first-order valence-corrected chi connectivity index (χ1v) is 6.43. The lowest BCUT2D eigenvalue weighted by Crippen LogP contribution is -2.33. The minimum absolute atomic E-state index is 0.690. The number of carboxylic acid groups (broad SMARTS) is 1. The molecule has 0 aliphatic carbocycles. The number of rotatable bonds is 5. The predicted octanol–water partition coefficient (Wildman–Crippen LogP) is -1.84. The third-order valence-electron chi connectivity index (χ3n) is 2.26. The lowest BCUT2D eigenvalue weighted by molar-refractivity contribution is -0.136. The topological polar surface area (TPSA) is 163 Å². The first kappa shape index (κ1) is 16.1. The van der Waals surface area contributed by atoms with Crippen LogP contribution in [0, 0.1) is 0 Å². The van der Waals surface area contributed by atoms with Gasteiger partial charge in [0, 0.05) is 7.11 Å². The second kappa shape index (κ2) is 5.97. The number of ether oxygens (including phenoxy) is 2. The van der Waals surface area contributed by atoms with E-state index in [0.29, 0.717) is 6.08 Å². The molecule has 0 spiro atoms. The maximum atomic E-state index is 10.8. The number of carbonyl (C=O) groups is 1. The summed E-state index contributed by atoms with van der Waals surface area (Å²) in [6.45, 7) is 0. The summed E-state index contributed by atoms with van der Waals surface area (Å²) in [5.74, 6) is -2.83. The van der Waals surface area contributed by atoms with Gasteiger partial charge in [0.15, 0.2) is 6.29 Å². The third kappa shape index (κ3) is 4.25. The van der Waals surface area contributed by atoms with E-state index in [0.717, 1.165) is 0 Å². The number of hydrogen-bond donors (Lipinski definition) is 5. The summed E-state index contributed by atoms with van der Waals surface area (Å²) >= 11 is 0. The minimum Gasteiger partial charge on any atom is -0.475 e. The van der Waals surface area contributed by atoms with Crippen LogP contribution in [0.2, 0.25) is 0 Å². The SMILES string of the molecule is CO[C@H]1[C@@H](/C=C(\OP(=O)(O)O)C(=O)O)OC(O)[C@@H]1O. The number of aliphatic carboxylic acids is 1. The van der Waals surface area contributed by atoms with Crippen molar-refractivity contribution in [1.29, 1.82) is 0 Å². The second-order valence-corrected chi connectivity index (χ2v) is 4.76. The highest BCUT2D eigenvalue weighted by Gasteiger charge is 2.43. The number of hydrogen-bond acceptors (Lipinski definition) is 7. The fourth-order valence-corrected chi connectivity index (χ4v) is 1.90. The van der Waals surface area contributed by atoms with E-state index in [2.05, 4.69) is 4.52 Å². The quantitative estimate of drug-likeness (QED) is 0.221. The molecule has 0 aromatic heterocycles. The van der Waals surface area contributed by atoms with Crippen molar-refractivity contribution in [2.24, 2.45) is 0 Å². The molecule has 1 saturated heterocycles. The molecule has 0 radical (unpaired) electrons. The molecule has 1 aliphatic rings. The standard InChI is InChI=1S/C8H13O10P/c1-16-6-3(17-8(12)5(6)9)2-4(7(10)11)18-19(13,14)15/h2-3,5-6,8-9,12H,1H3,(H,10,11)(H2,13,14,15)/b4-2-/t3-,5-,6+,8?/m1/s1. The highest BCUT2D eigenvalue weighted by atomic mass is 31.2. The van der Waals surface area contributed by atoms with Gasteiger partial charge in [-0.2, -0.15) is 0 Å². The van der Waals surface area contributed by atoms with Crippen molar-refractivity contribution >= 4 is 13.8 Å². The highest BCUT2D eigenvalue weighted by molar-refractivity contribution is 7.46. The van der Waals surface area contributed by atoms with E-state index in [1.807, 2.05) is 0 Å². The van der Waals surface area contributed by atoms with Crippen molar-refractivity contribution in [2.75, 3.05) is 7.11 Å². The van der Waals surface area contributed by atoms with E-state index in [4.69, 9.17) is 24.4 Å². The van der Waals surface area contributed by atoms with Crippen molar-refractivity contribution in [3.05, 3.63) is 11.8 Å². The Morgan fingerprint density at radius 3 is 2.37 bits per heavy atom. The summed E-state index contributed by atoms with van der Waals surface area (Å²) in [7, 11) is -3.88. The number of aliphatic hydroxyl groups is 2. The van der Waals surface area contributed by atoms with E-state index in [1.165, 1.54) is 7.11 Å². The molecule has 0 amide bonds. The molecule has 1 unspecified atom stereocenters. The maximum absolute atomic E-state index is 10.8. The fraction of sp³-hybridized carbons (Fsp3) is 0.625. The van der Waals surface area contributed by atoms with E-state index in [9.17, 15) is 19.6 Å². The number of phosphoric ester groups is 1. The molecule has 0 bridgehead atoms. The molecule has 1 aliphatic heterocycles. The van der Waals surface area contributed by atoms with Crippen molar-refractivity contribution in [1.82, 2.24) is 0 Å². The summed E-state index contributed by atoms with van der Waals surface area (Å²) in [5, 5.41) is 27.4. The summed E-state index contributed by atoms with van der Waals surface area (Å²) in [5.41, 5.74) is 0. The van der Waals surface area contributed by atoms with Crippen molar-refractivity contribution in [3.8, 4) is 0 Å². The van der Waals surface area contributed by atoms with Gasteiger partial charge in [-0.15, -0.1) is 0 Å². The van der Waals surface area contributed by atoms with Crippen molar-refractivity contribution in [3.63, 3.8) is 0 Å². The molecule has 1 rings (SSSR count). The van der Waals surface area contributed by atoms with Crippen LogP contribution in [0.1, 0.15) is 0 Å². The van der Waals surface area contributed by atoms with Crippen LogP contribution in [0.3, 0.4) is 0 Å². The van der Waals surface area contributed by atoms with Gasteiger partial charge in [-0.05, 0) is 6.08 Å². The summed E-state index contributed by atoms with van der Waals surface area (Å²) < 4.78 is 24.1. The Morgan fingerprint density at radius 1 is 1.37 bits per heavy atom. The third-order valence-corrected chi connectivity index (χ3v) is 2.70. The van der Waals surface area contributed by atoms with Gasteiger partial charge >= 0.3 is 13.8 Å². The highest BCUT2D eigenvalue weighted by Crippen LogP contribution is 2.39. The first-order valence-electron chi connectivity index (χ1n) is 4.90. The van der Waals surface area contributed by atoms with Gasteiger partial charge < -0.3 is 29.3 Å². The number of methoxy groups -OCH3 is 1. The van der Waals surface area contributed by atoms with Crippen LogP contribution < -0.4 is 0 Å². The first-order chi connectivity index (χ1) is 8.65. The van der Waals surface area contributed by atoms with E-state index in [1.54, 1.807) is 0 Å². The summed E-state index contributed by atoms with van der Waals surface area (Å²) in [6.07, 6.45) is -4.71. The number of phosphoric acid groups is 1. The average molecular weight is 300 g/mol. The zero-order valence-electron chi connectivity index (χ0n) is 9.61. The van der Waals surface area contributed by atoms with Gasteiger partial charge in [0.1, 0.15) is 18.3 Å². The number of aliphatic hydroxyl groups excluding tert-OH is 2. The molecule has 0 aromatic rings. The van der Waals surface area contributed by atoms with Crippen LogP contribution in [0.25, 0.3) is 0 Å². The van der Waals surface area contributed by atoms with Crippen LogP contribution in [-0.4, -0.2) is 62.8 Å². The van der Waals surface area contributed by atoms with Crippen LogP contribution in [-0.2, 0) is 23.4 Å². The molecular formula is C8H13O10P. The molecule has 5 N–H and O–H groups in total. The molecular weight excluding hydrogens is 287 g/mol. The predicted molar refractivity (Wildman–Crippen MR) is 56.5 cm³/mol. The zero-order chi connectivity index (χ0) is 14.8. The van der Waals surface area contributed by atoms with E-state index < -0.39 is 44.2 Å². The largest absolute Gasteiger partial charge is 0.525 e. The Labute approximate surface area is 107 Å². The van der Waals surface area contributed by atoms with Gasteiger partial charge in [-0.25, -0.2) is 9.36 Å². The Hall–Kier alpha value is -1.00. The summed E-state index contributed by atoms with van der Waals surface area (Å²) in [4.78, 5) is 27.9. The van der Waals surface area contributed by atoms with Crippen LogP contribution in [0.4, 0.5) is 0 Å². The van der Waals surface area contributed by atoms with Crippen LogP contribution >= 0.6 is 7.82 Å². The molecule has 1 fully saturated rings. The smallest absolute Gasteiger partial charge is 0.475 e. The Morgan fingerprint density at radius 2 is 1.95 bits per heavy atom. The van der Waals surface area contributed by atoms with Crippen molar-refractivity contribution < 1.29 is 48.5 Å². The lowest BCUT2D eigenvalue weighted by Gasteiger charge is -2.16. The van der Waals surface area contributed by atoms with Crippen LogP contribution in [0.15, 0.2) is 11.8 Å². The molecule has 110 valence electrons. The molecule has 0 aromatic carbocycles. The van der Waals surface area contributed by atoms with Gasteiger partial charge in [0.2, 0.25) is 5.76 Å². The van der Waals surface area contributed by atoms with Crippen LogP contribution in [0.5, 0.6) is 0 Å². The van der Waals surface area contributed by atoms with Gasteiger partial charge in [-0.1, -0.05) is 0 Å². The van der Waals surface area contributed by atoms with Crippen molar-refractivity contribution in [2.45, 2.75) is 24.6 Å². The van der Waals surface area contributed by atoms with Gasteiger partial charge in [0.25, 0.3) is 0 Å². The maximum Gasteiger partial charge on any atom is 0.525 e. The fourth-order valence-electron chi connectivity index (χ4n) is 1.50. The van der Waals surface area contributed by atoms with Gasteiger partial charge in [0.05, 0.1) is 0 Å². The van der Waals surface area contributed by atoms with E-state index in [-0.39, 0.29) is 0 Å². The Balaban J connectivity index is 2.96. The molecule has 19 heavy (non-hydrogen) atoms. The van der Waals surface area contributed by atoms with E-state index >= 15 is 0 Å².